The quantitative estimate of drug-likeness (QED) is 0.640. The molecule has 2 N–H and O–H groups in total. The first-order valence-electron chi connectivity index (χ1n) is 7.82. The van der Waals surface area contributed by atoms with Gasteiger partial charge in [-0.15, -0.1) is 0 Å². The van der Waals surface area contributed by atoms with E-state index in [2.05, 4.69) is 66.0 Å². The summed E-state index contributed by atoms with van der Waals surface area (Å²) in [7, 11) is 0. The molecule has 3 rings (SSSR count). The molecule has 0 amide bonds. The number of hydrogen-bond acceptors (Lipinski definition) is 2. The molecule has 0 aromatic heterocycles. The second kappa shape index (κ2) is 7.37. The molecule has 2 nitrogen and oxygen atoms in total. The first-order chi connectivity index (χ1) is 10.7. The third-order valence-corrected chi connectivity index (χ3v) is 13.7. The fourth-order valence-electron chi connectivity index (χ4n) is 3.13. The Hall–Kier alpha value is -0.522. The summed E-state index contributed by atoms with van der Waals surface area (Å²) < 4.78 is 0. The van der Waals surface area contributed by atoms with Gasteiger partial charge in [0.2, 0.25) is 0 Å². The van der Waals surface area contributed by atoms with Crippen molar-refractivity contribution in [1.29, 1.82) is 0 Å². The van der Waals surface area contributed by atoms with Gasteiger partial charge in [-0.05, 0) is 0 Å². The van der Waals surface area contributed by atoms with Crippen molar-refractivity contribution in [3.8, 4) is 0 Å². The predicted molar refractivity (Wildman–Crippen MR) is 91.0 cm³/mol. The second-order valence-corrected chi connectivity index (χ2v) is 15.5. The maximum absolute atomic E-state index is 10.8. The summed E-state index contributed by atoms with van der Waals surface area (Å²) in [6.07, 6.45) is 2.91. The van der Waals surface area contributed by atoms with E-state index in [1.165, 1.54) is 17.0 Å². The van der Waals surface area contributed by atoms with Crippen LogP contribution in [-0.4, -0.2) is 30.0 Å². The van der Waals surface area contributed by atoms with E-state index in [-0.39, 0.29) is 12.1 Å². The molecular weight excluding hydrogens is 461 g/mol. The summed E-state index contributed by atoms with van der Waals surface area (Å²) in [5, 5.41) is 17.1. The van der Waals surface area contributed by atoms with Gasteiger partial charge in [0, 0.05) is 0 Å². The van der Waals surface area contributed by atoms with Crippen LogP contribution in [0.4, 0.5) is 0 Å². The van der Waals surface area contributed by atoms with Gasteiger partial charge in [0.15, 0.2) is 0 Å². The van der Waals surface area contributed by atoms with E-state index in [1.54, 1.807) is 18.8 Å². The molecule has 2 aromatic carbocycles. The van der Waals surface area contributed by atoms with Gasteiger partial charge in [-0.3, -0.25) is 0 Å². The van der Waals surface area contributed by atoms with Crippen molar-refractivity contribution in [3.63, 3.8) is 0 Å². The van der Waals surface area contributed by atoms with Gasteiger partial charge in [0.1, 0.15) is 0 Å². The SMILES string of the molecule is O[C@@H](C[P](=[W])(c1ccccc1)c1ccccc1)[C@H]1CCCN1. The van der Waals surface area contributed by atoms with Crippen LogP contribution in [0.5, 0.6) is 0 Å². The van der Waals surface area contributed by atoms with E-state index in [1.807, 2.05) is 0 Å². The molecule has 0 unspecified atom stereocenters. The average Bonchev–Trinajstić information content (AvgIpc) is 3.11. The number of aliphatic hydroxyl groups is 1. The van der Waals surface area contributed by atoms with E-state index < -0.39 is 4.90 Å². The molecule has 4 heteroatoms. The van der Waals surface area contributed by atoms with Crippen LogP contribution in [0, 0.1) is 0 Å². The molecular formula is C18H22NOPW. The van der Waals surface area contributed by atoms with E-state index in [0.29, 0.717) is 0 Å². The van der Waals surface area contributed by atoms with E-state index in [4.69, 9.17) is 0 Å². The molecule has 2 atom stereocenters. The van der Waals surface area contributed by atoms with Gasteiger partial charge >= 0.3 is 143 Å². The van der Waals surface area contributed by atoms with Crippen LogP contribution in [0.15, 0.2) is 60.7 Å². The van der Waals surface area contributed by atoms with Crippen LogP contribution in [0.1, 0.15) is 12.8 Å². The van der Waals surface area contributed by atoms with Crippen molar-refractivity contribution in [2.45, 2.75) is 25.0 Å². The van der Waals surface area contributed by atoms with E-state index >= 15 is 0 Å². The van der Waals surface area contributed by atoms with Gasteiger partial charge in [-0.2, -0.15) is 0 Å². The van der Waals surface area contributed by atoms with Crippen LogP contribution < -0.4 is 15.9 Å². The first-order valence-corrected chi connectivity index (χ1v) is 13.6. The molecule has 0 aliphatic carbocycles. The van der Waals surface area contributed by atoms with Gasteiger partial charge < -0.3 is 0 Å². The zero-order chi connectivity index (χ0) is 15.4. The number of aliphatic hydroxyl groups excluding tert-OH is 1. The van der Waals surface area contributed by atoms with Gasteiger partial charge in [-0.1, -0.05) is 0 Å². The maximum atomic E-state index is 10.8. The monoisotopic (exact) mass is 483 g/mol. The Morgan fingerprint density at radius 2 is 1.59 bits per heavy atom. The molecule has 1 saturated heterocycles. The average molecular weight is 483 g/mol. The molecule has 1 aliphatic rings. The predicted octanol–water partition coefficient (Wildman–Crippen LogP) is 2.23. The summed E-state index contributed by atoms with van der Waals surface area (Å²) in [5.74, 6) is 0. The van der Waals surface area contributed by atoms with Crippen LogP contribution >= 0.6 is 4.90 Å². The molecule has 116 valence electrons. The van der Waals surface area contributed by atoms with Crippen molar-refractivity contribution in [2.24, 2.45) is 0 Å². The normalized spacial score (nSPS) is 20.0. The zero-order valence-corrected chi connectivity index (χ0v) is 16.4. The van der Waals surface area contributed by atoms with E-state index in [9.17, 15) is 5.11 Å². The van der Waals surface area contributed by atoms with Crippen LogP contribution in [-0.2, 0) is 18.8 Å². The molecule has 0 spiro atoms. The van der Waals surface area contributed by atoms with Gasteiger partial charge in [-0.25, -0.2) is 0 Å². The Morgan fingerprint density at radius 3 is 2.05 bits per heavy atom. The second-order valence-electron chi connectivity index (χ2n) is 5.86. The standard InChI is InChI=1S/C18H22NOP.W/c20-18(17-12-7-13-19-17)14-21(15-8-3-1-4-9-15)16-10-5-2-6-11-16;/h1-6,8-11,17-20H,7,12-14H2;/t17-,18+;/m1./s1. The van der Waals surface area contributed by atoms with Crippen LogP contribution in [0.2, 0.25) is 0 Å². The number of hydrogen-bond donors (Lipinski definition) is 2. The summed E-state index contributed by atoms with van der Waals surface area (Å²) >= 11 is 1.59. The number of nitrogens with one attached hydrogen (secondary N) is 1. The zero-order valence-electron chi connectivity index (χ0n) is 12.6. The summed E-state index contributed by atoms with van der Waals surface area (Å²) in [6, 6.07) is 21.9. The third-order valence-electron chi connectivity index (χ3n) is 4.35. The number of rotatable bonds is 5. The third kappa shape index (κ3) is 3.52. The molecule has 0 saturated carbocycles. The summed E-state index contributed by atoms with van der Waals surface area (Å²) in [4.78, 5) is -1.49. The fraction of sp³-hybridized carbons (Fsp3) is 0.333. The summed E-state index contributed by atoms with van der Waals surface area (Å²) in [5.41, 5.74) is 0. The Kier molecular flexibility index (Phi) is 5.47. The Labute approximate surface area is 143 Å². The van der Waals surface area contributed by atoms with Crippen molar-refractivity contribution in [3.05, 3.63) is 60.7 Å². The van der Waals surface area contributed by atoms with Crippen LogP contribution in [0.25, 0.3) is 0 Å². The Bertz CT molecular complexity index is 597. The molecule has 1 fully saturated rings. The first kappa shape index (κ1) is 16.3. The Balaban J connectivity index is 1.95. The van der Waals surface area contributed by atoms with Crippen molar-refractivity contribution >= 4 is 15.5 Å². The molecule has 2 aromatic rings. The summed E-state index contributed by atoms with van der Waals surface area (Å²) in [6.45, 7) is 1.04. The molecule has 1 heterocycles. The van der Waals surface area contributed by atoms with Crippen molar-refractivity contribution < 1.29 is 23.9 Å². The molecule has 22 heavy (non-hydrogen) atoms. The van der Waals surface area contributed by atoms with Crippen molar-refractivity contribution in [1.82, 2.24) is 5.32 Å². The minimum atomic E-state index is -1.49. The molecule has 0 bridgehead atoms. The van der Waals surface area contributed by atoms with E-state index in [0.717, 1.165) is 19.1 Å². The Morgan fingerprint density at radius 1 is 1.05 bits per heavy atom. The van der Waals surface area contributed by atoms with Gasteiger partial charge in [0.05, 0.1) is 0 Å². The molecule has 1 aliphatic heterocycles. The van der Waals surface area contributed by atoms with Gasteiger partial charge in [0.25, 0.3) is 0 Å². The fourth-order valence-corrected chi connectivity index (χ4v) is 10.2. The topological polar surface area (TPSA) is 32.3 Å². The van der Waals surface area contributed by atoms with Crippen LogP contribution in [0.3, 0.4) is 0 Å². The van der Waals surface area contributed by atoms with Crippen molar-refractivity contribution in [2.75, 3.05) is 12.7 Å². The molecule has 0 radical (unpaired) electrons. The minimum absolute atomic E-state index is 0.256. The number of benzene rings is 2.